The molecule has 2 saturated heterocycles. The van der Waals surface area contributed by atoms with Crippen molar-refractivity contribution in [1.82, 2.24) is 10.2 Å². The first-order valence-electron chi connectivity index (χ1n) is 6.36. The molecular formula is C12H21FN2O. The smallest absolute Gasteiger partial charge is 0.222 e. The van der Waals surface area contributed by atoms with E-state index < -0.39 is 6.17 Å². The van der Waals surface area contributed by atoms with Gasteiger partial charge in [0.05, 0.1) is 6.54 Å². The summed E-state index contributed by atoms with van der Waals surface area (Å²) in [5.41, 5.74) is 0. The summed E-state index contributed by atoms with van der Waals surface area (Å²) in [6.45, 7) is 4.19. The number of rotatable bonds is 2. The van der Waals surface area contributed by atoms with E-state index in [1.165, 1.54) is 0 Å². The van der Waals surface area contributed by atoms with Gasteiger partial charge < -0.3 is 10.2 Å². The quantitative estimate of drug-likeness (QED) is 0.773. The molecule has 2 fully saturated rings. The van der Waals surface area contributed by atoms with E-state index >= 15 is 0 Å². The third-order valence-corrected chi connectivity index (χ3v) is 3.84. The molecule has 92 valence electrons. The summed E-state index contributed by atoms with van der Waals surface area (Å²) < 4.78 is 13.5. The predicted molar refractivity (Wildman–Crippen MR) is 60.9 cm³/mol. The normalized spacial score (nSPS) is 32.0. The molecule has 2 rings (SSSR count). The molecule has 0 radical (unpaired) electrons. The summed E-state index contributed by atoms with van der Waals surface area (Å²) in [4.78, 5) is 13.5. The second-order valence-corrected chi connectivity index (χ2v) is 4.89. The molecule has 0 aliphatic carbocycles. The fourth-order valence-electron chi connectivity index (χ4n) is 2.98. The Kier molecular flexibility index (Phi) is 3.79. The van der Waals surface area contributed by atoms with Gasteiger partial charge in [-0.05, 0) is 31.8 Å². The Bertz CT molecular complexity index is 253. The highest BCUT2D eigenvalue weighted by atomic mass is 19.1. The molecule has 2 aliphatic rings. The van der Waals surface area contributed by atoms with Gasteiger partial charge >= 0.3 is 0 Å². The van der Waals surface area contributed by atoms with E-state index in [0.717, 1.165) is 25.9 Å². The number of nitrogens with one attached hydrogen (secondary N) is 1. The van der Waals surface area contributed by atoms with E-state index in [2.05, 4.69) is 5.32 Å². The lowest BCUT2D eigenvalue weighted by atomic mass is 9.88. The van der Waals surface area contributed by atoms with Crippen LogP contribution in [0.15, 0.2) is 0 Å². The van der Waals surface area contributed by atoms with Crippen molar-refractivity contribution in [2.45, 2.75) is 44.8 Å². The zero-order valence-corrected chi connectivity index (χ0v) is 9.92. The van der Waals surface area contributed by atoms with Gasteiger partial charge in [0.15, 0.2) is 0 Å². The molecule has 2 aliphatic heterocycles. The minimum absolute atomic E-state index is 0.115. The van der Waals surface area contributed by atoms with Crippen LogP contribution in [0.25, 0.3) is 0 Å². The first kappa shape index (κ1) is 11.8. The molecular weight excluding hydrogens is 207 g/mol. The number of piperidine rings is 1. The van der Waals surface area contributed by atoms with Gasteiger partial charge in [0.1, 0.15) is 6.17 Å². The number of hydrogen-bond acceptors (Lipinski definition) is 2. The van der Waals surface area contributed by atoms with Gasteiger partial charge in [0.25, 0.3) is 0 Å². The minimum Gasteiger partial charge on any atom is -0.336 e. The fraction of sp³-hybridized carbons (Fsp3) is 0.917. The molecule has 2 atom stereocenters. The standard InChI is InChI=1S/C12H21FN2O/c1-2-12(16)15-8-10(13)7-11(15)9-3-5-14-6-4-9/h9-11,14H,2-8H2,1H3. The largest absolute Gasteiger partial charge is 0.336 e. The average Bonchev–Trinajstić information content (AvgIpc) is 2.71. The van der Waals surface area contributed by atoms with Gasteiger partial charge in [-0.1, -0.05) is 6.92 Å². The zero-order chi connectivity index (χ0) is 11.5. The number of carbonyl (C=O) groups excluding carboxylic acids is 1. The fourth-order valence-corrected chi connectivity index (χ4v) is 2.98. The number of carbonyl (C=O) groups is 1. The number of hydrogen-bond donors (Lipinski definition) is 1. The SMILES string of the molecule is CCC(=O)N1CC(F)CC1C1CCNCC1. The van der Waals surface area contributed by atoms with Crippen molar-refractivity contribution in [3.05, 3.63) is 0 Å². The van der Waals surface area contributed by atoms with Crippen LogP contribution in [0.3, 0.4) is 0 Å². The maximum atomic E-state index is 13.5. The van der Waals surface area contributed by atoms with Gasteiger partial charge in [-0.25, -0.2) is 4.39 Å². The number of amides is 1. The average molecular weight is 228 g/mol. The van der Waals surface area contributed by atoms with E-state index in [1.807, 2.05) is 6.92 Å². The molecule has 0 bridgehead atoms. The first-order valence-corrected chi connectivity index (χ1v) is 6.36. The topological polar surface area (TPSA) is 32.3 Å². The Morgan fingerprint density at radius 2 is 2.12 bits per heavy atom. The van der Waals surface area contributed by atoms with Gasteiger partial charge in [0, 0.05) is 18.9 Å². The molecule has 0 aromatic carbocycles. The van der Waals surface area contributed by atoms with Crippen molar-refractivity contribution in [2.75, 3.05) is 19.6 Å². The van der Waals surface area contributed by atoms with Crippen molar-refractivity contribution in [1.29, 1.82) is 0 Å². The highest BCUT2D eigenvalue weighted by Crippen LogP contribution is 2.31. The molecule has 1 N–H and O–H groups in total. The van der Waals surface area contributed by atoms with Crippen LogP contribution in [0, 0.1) is 5.92 Å². The molecule has 1 amide bonds. The molecule has 4 heteroatoms. The van der Waals surface area contributed by atoms with Crippen LogP contribution in [0.4, 0.5) is 4.39 Å². The summed E-state index contributed by atoms with van der Waals surface area (Å²) in [6, 6.07) is 0.157. The van der Waals surface area contributed by atoms with Gasteiger partial charge in [-0.15, -0.1) is 0 Å². The Morgan fingerprint density at radius 1 is 1.44 bits per heavy atom. The number of halogens is 1. The van der Waals surface area contributed by atoms with Crippen LogP contribution >= 0.6 is 0 Å². The van der Waals surface area contributed by atoms with Crippen molar-refractivity contribution < 1.29 is 9.18 Å². The van der Waals surface area contributed by atoms with Gasteiger partial charge in [0.2, 0.25) is 5.91 Å². The number of alkyl halides is 1. The molecule has 0 saturated carbocycles. The lowest BCUT2D eigenvalue weighted by Crippen LogP contribution is -2.43. The highest BCUT2D eigenvalue weighted by Gasteiger charge is 2.39. The number of nitrogens with zero attached hydrogens (tertiary/aromatic N) is 1. The van der Waals surface area contributed by atoms with Crippen molar-refractivity contribution in [2.24, 2.45) is 5.92 Å². The molecule has 0 aromatic heterocycles. The Labute approximate surface area is 96.4 Å². The lowest BCUT2D eigenvalue weighted by Gasteiger charge is -2.33. The monoisotopic (exact) mass is 228 g/mol. The van der Waals surface area contributed by atoms with Crippen LogP contribution in [0.5, 0.6) is 0 Å². The summed E-state index contributed by atoms with van der Waals surface area (Å²) >= 11 is 0. The summed E-state index contributed by atoms with van der Waals surface area (Å²) in [7, 11) is 0. The summed E-state index contributed by atoms with van der Waals surface area (Å²) in [5, 5.41) is 3.31. The van der Waals surface area contributed by atoms with Crippen molar-refractivity contribution in [3.63, 3.8) is 0 Å². The van der Waals surface area contributed by atoms with Crippen LogP contribution in [0.1, 0.15) is 32.6 Å². The van der Waals surface area contributed by atoms with Crippen LogP contribution < -0.4 is 5.32 Å². The molecule has 0 spiro atoms. The molecule has 3 nitrogen and oxygen atoms in total. The Morgan fingerprint density at radius 3 is 2.75 bits per heavy atom. The van der Waals surface area contributed by atoms with Crippen LogP contribution in [-0.4, -0.2) is 42.7 Å². The maximum absolute atomic E-state index is 13.5. The summed E-state index contributed by atoms with van der Waals surface area (Å²) in [6.07, 6.45) is 2.38. The van der Waals surface area contributed by atoms with E-state index in [-0.39, 0.29) is 11.9 Å². The van der Waals surface area contributed by atoms with Gasteiger partial charge in [-0.2, -0.15) is 0 Å². The third-order valence-electron chi connectivity index (χ3n) is 3.84. The van der Waals surface area contributed by atoms with Crippen molar-refractivity contribution in [3.8, 4) is 0 Å². The van der Waals surface area contributed by atoms with Crippen molar-refractivity contribution >= 4 is 5.91 Å². The predicted octanol–water partition coefficient (Wildman–Crippen LogP) is 1.33. The van der Waals surface area contributed by atoms with Crippen LogP contribution in [0.2, 0.25) is 0 Å². The Hall–Kier alpha value is -0.640. The molecule has 2 heterocycles. The van der Waals surface area contributed by atoms with Crippen LogP contribution in [-0.2, 0) is 4.79 Å². The van der Waals surface area contributed by atoms with E-state index in [0.29, 0.717) is 25.3 Å². The zero-order valence-electron chi connectivity index (χ0n) is 9.92. The van der Waals surface area contributed by atoms with E-state index in [1.54, 1.807) is 4.90 Å². The maximum Gasteiger partial charge on any atom is 0.222 e. The second-order valence-electron chi connectivity index (χ2n) is 4.89. The molecule has 2 unspecified atom stereocenters. The number of likely N-dealkylation sites (tertiary alicyclic amines) is 1. The second kappa shape index (κ2) is 5.13. The first-order chi connectivity index (χ1) is 7.72. The van der Waals surface area contributed by atoms with E-state index in [4.69, 9.17) is 0 Å². The van der Waals surface area contributed by atoms with E-state index in [9.17, 15) is 9.18 Å². The lowest BCUT2D eigenvalue weighted by molar-refractivity contribution is -0.132. The van der Waals surface area contributed by atoms with Gasteiger partial charge in [-0.3, -0.25) is 4.79 Å². The molecule has 16 heavy (non-hydrogen) atoms. The highest BCUT2D eigenvalue weighted by molar-refractivity contribution is 5.76. The minimum atomic E-state index is -0.810. The molecule has 0 aromatic rings. The third kappa shape index (κ3) is 2.37. The summed E-state index contributed by atoms with van der Waals surface area (Å²) in [5.74, 6) is 0.612. The Balaban J connectivity index is 2.02.